The summed E-state index contributed by atoms with van der Waals surface area (Å²) in [5.74, 6) is 0.797. The van der Waals surface area contributed by atoms with Crippen LogP contribution in [0.25, 0.3) is 11.4 Å². The quantitative estimate of drug-likeness (QED) is 0.613. The van der Waals surface area contributed by atoms with Gasteiger partial charge in [-0.2, -0.15) is 4.98 Å². The fourth-order valence-electron chi connectivity index (χ4n) is 3.12. The predicted molar refractivity (Wildman–Crippen MR) is 113 cm³/mol. The summed E-state index contributed by atoms with van der Waals surface area (Å²) in [6.07, 6.45) is 1.88. The molecule has 162 valence electrons. The number of halogens is 1. The zero-order chi connectivity index (χ0) is 21.3. The van der Waals surface area contributed by atoms with Gasteiger partial charge in [-0.15, -0.1) is 0 Å². The molecule has 2 aromatic rings. The third-order valence-corrected chi connectivity index (χ3v) is 5.08. The smallest absolute Gasteiger partial charge is 0.321 e. The molecule has 0 spiro atoms. The van der Waals surface area contributed by atoms with Gasteiger partial charge in [-0.3, -0.25) is 19.9 Å². The van der Waals surface area contributed by atoms with Crippen LogP contribution in [0.3, 0.4) is 0 Å². The number of nitrogens with zero attached hydrogens (tertiary/aromatic N) is 4. The Bertz CT molecular complexity index is 833. The molecular formula is C20H27ClN6O3. The normalized spacial score (nSPS) is 15.1. The van der Waals surface area contributed by atoms with Crippen molar-refractivity contribution in [1.82, 2.24) is 30.6 Å². The van der Waals surface area contributed by atoms with E-state index in [-0.39, 0.29) is 12.5 Å². The van der Waals surface area contributed by atoms with Crippen molar-refractivity contribution in [2.45, 2.75) is 26.3 Å². The van der Waals surface area contributed by atoms with E-state index in [1.807, 2.05) is 24.0 Å². The lowest BCUT2D eigenvalue weighted by atomic mass is 10.2. The summed E-state index contributed by atoms with van der Waals surface area (Å²) in [5, 5.41) is 9.74. The minimum absolute atomic E-state index is 0.205. The highest BCUT2D eigenvalue weighted by Gasteiger charge is 2.21. The number of unbranched alkanes of at least 4 members (excludes halogenated alkanes) is 1. The number of carbonyl (C=O) groups excluding carboxylic acids is 2. The number of amides is 3. The van der Waals surface area contributed by atoms with Crippen molar-refractivity contribution in [1.29, 1.82) is 0 Å². The van der Waals surface area contributed by atoms with Gasteiger partial charge in [-0.1, -0.05) is 30.1 Å². The van der Waals surface area contributed by atoms with Crippen LogP contribution in [0, 0.1) is 0 Å². The summed E-state index contributed by atoms with van der Waals surface area (Å²) in [5.41, 5.74) is 0.851. The van der Waals surface area contributed by atoms with Crippen molar-refractivity contribution in [3.63, 3.8) is 0 Å². The van der Waals surface area contributed by atoms with Crippen LogP contribution in [0.15, 0.2) is 28.8 Å². The second-order valence-electron chi connectivity index (χ2n) is 7.23. The summed E-state index contributed by atoms with van der Waals surface area (Å²) in [6, 6.07) is 6.85. The Balaban J connectivity index is 1.39. The molecule has 0 radical (unpaired) electrons. The topological polar surface area (TPSA) is 104 Å². The lowest BCUT2D eigenvalue weighted by Crippen LogP contribution is -2.50. The molecule has 1 fully saturated rings. The van der Waals surface area contributed by atoms with Crippen molar-refractivity contribution in [2.75, 3.05) is 39.3 Å². The van der Waals surface area contributed by atoms with Crippen LogP contribution in [0.1, 0.15) is 25.7 Å². The molecule has 30 heavy (non-hydrogen) atoms. The number of urea groups is 1. The number of piperazine rings is 1. The fraction of sp³-hybridized carbons (Fsp3) is 0.500. The second-order valence-corrected chi connectivity index (χ2v) is 7.66. The lowest BCUT2D eigenvalue weighted by Gasteiger charge is -2.33. The number of imide groups is 1. The molecule has 1 aromatic carbocycles. The van der Waals surface area contributed by atoms with E-state index in [0.717, 1.165) is 44.6 Å². The van der Waals surface area contributed by atoms with E-state index >= 15 is 0 Å². The summed E-state index contributed by atoms with van der Waals surface area (Å²) >= 11 is 5.91. The SMILES string of the molecule is CCCCNC(=O)NC(=O)CN1CCN(Cc2nc(-c3ccc(Cl)cc3)no2)CC1. The summed E-state index contributed by atoms with van der Waals surface area (Å²) in [7, 11) is 0. The fourth-order valence-corrected chi connectivity index (χ4v) is 3.25. The van der Waals surface area contributed by atoms with Crippen LogP contribution < -0.4 is 10.6 Å². The number of carbonyl (C=O) groups is 2. The van der Waals surface area contributed by atoms with Crippen molar-refractivity contribution in [2.24, 2.45) is 0 Å². The number of hydrogen-bond acceptors (Lipinski definition) is 7. The molecule has 10 heteroatoms. The zero-order valence-electron chi connectivity index (χ0n) is 17.1. The monoisotopic (exact) mass is 434 g/mol. The van der Waals surface area contributed by atoms with E-state index in [0.29, 0.717) is 29.8 Å². The van der Waals surface area contributed by atoms with Crippen LogP contribution in [-0.2, 0) is 11.3 Å². The van der Waals surface area contributed by atoms with Gasteiger partial charge in [0, 0.05) is 43.3 Å². The molecule has 0 atom stereocenters. The highest BCUT2D eigenvalue weighted by molar-refractivity contribution is 6.30. The van der Waals surface area contributed by atoms with Crippen LogP contribution in [0.2, 0.25) is 5.02 Å². The first-order valence-electron chi connectivity index (χ1n) is 10.1. The van der Waals surface area contributed by atoms with E-state index in [2.05, 4.69) is 25.7 Å². The van der Waals surface area contributed by atoms with E-state index < -0.39 is 6.03 Å². The number of benzene rings is 1. The highest BCUT2D eigenvalue weighted by atomic mass is 35.5. The largest absolute Gasteiger partial charge is 0.338 e. The van der Waals surface area contributed by atoms with E-state index in [4.69, 9.17) is 16.1 Å². The molecule has 9 nitrogen and oxygen atoms in total. The Morgan fingerprint density at radius 2 is 1.83 bits per heavy atom. The molecule has 1 aliphatic heterocycles. The standard InChI is InChI=1S/C20H27ClN6O3/c1-2-3-8-22-20(29)23-17(28)13-26-9-11-27(12-10-26)14-18-24-19(25-30-18)15-4-6-16(21)7-5-15/h4-7H,2-3,8-14H2,1H3,(H2,22,23,28,29). The maximum atomic E-state index is 12.0. The molecule has 0 bridgehead atoms. The molecule has 1 aliphatic rings. The molecule has 2 heterocycles. The van der Waals surface area contributed by atoms with E-state index in [9.17, 15) is 9.59 Å². The summed E-state index contributed by atoms with van der Waals surface area (Å²) in [6.45, 7) is 6.37. The Morgan fingerprint density at radius 1 is 1.13 bits per heavy atom. The number of rotatable bonds is 8. The van der Waals surface area contributed by atoms with E-state index in [1.54, 1.807) is 12.1 Å². The summed E-state index contributed by atoms with van der Waals surface area (Å²) in [4.78, 5) is 32.3. The molecule has 0 saturated carbocycles. The van der Waals surface area contributed by atoms with E-state index in [1.165, 1.54) is 0 Å². The molecule has 0 unspecified atom stereocenters. The van der Waals surface area contributed by atoms with Gasteiger partial charge in [0.05, 0.1) is 13.1 Å². The van der Waals surface area contributed by atoms with Gasteiger partial charge < -0.3 is 9.84 Å². The molecule has 1 saturated heterocycles. The predicted octanol–water partition coefficient (Wildman–Crippen LogP) is 2.13. The Labute approximate surface area is 180 Å². The Kier molecular flexibility index (Phi) is 8.18. The molecule has 3 amide bonds. The van der Waals surface area contributed by atoms with Crippen molar-refractivity contribution in [3.8, 4) is 11.4 Å². The van der Waals surface area contributed by atoms with Gasteiger partial charge in [0.15, 0.2) is 0 Å². The zero-order valence-corrected chi connectivity index (χ0v) is 17.8. The summed E-state index contributed by atoms with van der Waals surface area (Å²) < 4.78 is 5.37. The molecular weight excluding hydrogens is 408 g/mol. The first-order valence-corrected chi connectivity index (χ1v) is 10.5. The van der Waals surface area contributed by atoms with Crippen molar-refractivity contribution >= 4 is 23.5 Å². The van der Waals surface area contributed by atoms with Crippen LogP contribution in [-0.4, -0.2) is 71.1 Å². The van der Waals surface area contributed by atoms with Gasteiger partial charge in [-0.25, -0.2) is 4.79 Å². The highest BCUT2D eigenvalue weighted by Crippen LogP contribution is 2.19. The number of hydrogen-bond donors (Lipinski definition) is 2. The Hall–Kier alpha value is -2.49. The Morgan fingerprint density at radius 3 is 2.53 bits per heavy atom. The first-order chi connectivity index (χ1) is 14.5. The maximum absolute atomic E-state index is 12.0. The number of aromatic nitrogens is 2. The second kappa shape index (κ2) is 11.1. The molecule has 3 rings (SSSR count). The van der Waals surface area contributed by atoms with Crippen molar-refractivity contribution < 1.29 is 14.1 Å². The molecule has 1 aromatic heterocycles. The number of nitrogens with one attached hydrogen (secondary N) is 2. The first kappa shape index (κ1) is 22.2. The maximum Gasteiger partial charge on any atom is 0.321 e. The minimum Gasteiger partial charge on any atom is -0.338 e. The van der Waals surface area contributed by atoms with Crippen LogP contribution in [0.5, 0.6) is 0 Å². The van der Waals surface area contributed by atoms with Crippen LogP contribution in [0.4, 0.5) is 4.79 Å². The van der Waals surface area contributed by atoms with Gasteiger partial charge in [0.25, 0.3) is 0 Å². The average molecular weight is 435 g/mol. The lowest BCUT2D eigenvalue weighted by molar-refractivity contribution is -0.121. The minimum atomic E-state index is -0.431. The molecule has 2 N–H and O–H groups in total. The van der Waals surface area contributed by atoms with Crippen molar-refractivity contribution in [3.05, 3.63) is 35.2 Å². The van der Waals surface area contributed by atoms with Gasteiger partial charge >= 0.3 is 6.03 Å². The third kappa shape index (κ3) is 6.79. The van der Waals surface area contributed by atoms with Gasteiger partial charge in [0.1, 0.15) is 0 Å². The third-order valence-electron chi connectivity index (χ3n) is 4.83. The van der Waals surface area contributed by atoms with Gasteiger partial charge in [0.2, 0.25) is 17.6 Å². The van der Waals surface area contributed by atoms with Gasteiger partial charge in [-0.05, 0) is 30.7 Å². The average Bonchev–Trinajstić information content (AvgIpc) is 3.18. The van der Waals surface area contributed by atoms with Crippen LogP contribution >= 0.6 is 11.6 Å². The molecule has 0 aliphatic carbocycles.